The molecule has 0 N–H and O–H groups in total. The van der Waals surface area contributed by atoms with E-state index < -0.39 is 0 Å². The highest BCUT2D eigenvalue weighted by molar-refractivity contribution is 7.99. The molecule has 86 valence electrons. The molecule has 1 heterocycles. The monoisotopic (exact) mass is 235 g/mol. The molecule has 0 spiro atoms. The highest BCUT2D eigenvalue weighted by Gasteiger charge is 2.22. The molecule has 0 saturated carbocycles. The Morgan fingerprint density at radius 2 is 1.88 bits per heavy atom. The third-order valence-corrected chi connectivity index (χ3v) is 4.22. The number of piperidine rings is 1. The predicted molar refractivity (Wildman–Crippen MR) is 68.9 cm³/mol. The summed E-state index contributed by atoms with van der Waals surface area (Å²) in [6.07, 6.45) is 4.40. The first-order chi connectivity index (χ1) is 7.81. The van der Waals surface area contributed by atoms with E-state index in [0.29, 0.717) is 0 Å². The highest BCUT2D eigenvalue weighted by Crippen LogP contribution is 2.21. The molecule has 2 nitrogen and oxygen atoms in total. The number of benzene rings is 1. The fourth-order valence-electron chi connectivity index (χ4n) is 2.06. The SMILES string of the molecule is CSC1CCN(C(=O)c2ccccc2)CC1. The largest absolute Gasteiger partial charge is 0.339 e. The Bertz CT molecular complexity index is 344. The van der Waals surface area contributed by atoms with E-state index in [4.69, 9.17) is 0 Å². The molecular weight excluding hydrogens is 218 g/mol. The number of carbonyl (C=O) groups excluding carboxylic acids is 1. The van der Waals surface area contributed by atoms with Gasteiger partial charge in [-0.25, -0.2) is 0 Å². The molecule has 0 bridgehead atoms. The lowest BCUT2D eigenvalue weighted by molar-refractivity contribution is 0.0727. The standard InChI is InChI=1S/C13H17NOS/c1-16-12-7-9-14(10-8-12)13(15)11-5-3-2-4-6-11/h2-6,12H,7-10H2,1H3. The summed E-state index contributed by atoms with van der Waals surface area (Å²) in [5.41, 5.74) is 0.810. The van der Waals surface area contributed by atoms with E-state index in [0.717, 1.165) is 36.7 Å². The number of likely N-dealkylation sites (tertiary alicyclic amines) is 1. The van der Waals surface area contributed by atoms with Crippen LogP contribution in [-0.2, 0) is 0 Å². The Balaban J connectivity index is 1.97. The molecule has 0 aromatic heterocycles. The molecule has 1 fully saturated rings. The summed E-state index contributed by atoms with van der Waals surface area (Å²) >= 11 is 1.92. The summed E-state index contributed by atoms with van der Waals surface area (Å²) in [7, 11) is 0. The molecule has 3 heteroatoms. The van der Waals surface area contributed by atoms with E-state index in [9.17, 15) is 4.79 Å². The first-order valence-corrected chi connectivity index (χ1v) is 6.97. The van der Waals surface area contributed by atoms with Crippen molar-refractivity contribution < 1.29 is 4.79 Å². The van der Waals surface area contributed by atoms with Crippen LogP contribution in [0.25, 0.3) is 0 Å². The molecule has 16 heavy (non-hydrogen) atoms. The van der Waals surface area contributed by atoms with Crippen LogP contribution in [0.15, 0.2) is 30.3 Å². The van der Waals surface area contributed by atoms with Crippen molar-refractivity contribution in [3.8, 4) is 0 Å². The Kier molecular flexibility index (Phi) is 3.88. The van der Waals surface area contributed by atoms with Gasteiger partial charge < -0.3 is 4.90 Å². The molecule has 1 amide bonds. The van der Waals surface area contributed by atoms with Gasteiger partial charge in [-0.15, -0.1) is 0 Å². The van der Waals surface area contributed by atoms with Crippen molar-refractivity contribution in [2.24, 2.45) is 0 Å². The average molecular weight is 235 g/mol. The van der Waals surface area contributed by atoms with Gasteiger partial charge in [-0.05, 0) is 31.2 Å². The summed E-state index contributed by atoms with van der Waals surface area (Å²) in [5.74, 6) is 0.181. The van der Waals surface area contributed by atoms with E-state index >= 15 is 0 Å². The zero-order chi connectivity index (χ0) is 11.4. The highest BCUT2D eigenvalue weighted by atomic mass is 32.2. The number of thioether (sulfide) groups is 1. The van der Waals surface area contributed by atoms with Crippen LogP contribution in [0.4, 0.5) is 0 Å². The van der Waals surface area contributed by atoms with Gasteiger partial charge in [-0.2, -0.15) is 11.8 Å². The first kappa shape index (κ1) is 11.5. The van der Waals surface area contributed by atoms with E-state index in [1.165, 1.54) is 0 Å². The molecule has 1 aromatic rings. The third kappa shape index (κ3) is 2.59. The molecule has 0 unspecified atom stereocenters. The summed E-state index contributed by atoms with van der Waals surface area (Å²) in [6, 6.07) is 9.56. The maximum atomic E-state index is 12.1. The Morgan fingerprint density at radius 1 is 1.25 bits per heavy atom. The van der Waals surface area contributed by atoms with Crippen LogP contribution in [0.2, 0.25) is 0 Å². The van der Waals surface area contributed by atoms with Crippen molar-refractivity contribution in [1.82, 2.24) is 4.90 Å². The number of amides is 1. The van der Waals surface area contributed by atoms with Crippen LogP contribution < -0.4 is 0 Å². The lowest BCUT2D eigenvalue weighted by Crippen LogP contribution is -2.39. The zero-order valence-electron chi connectivity index (χ0n) is 9.56. The summed E-state index contributed by atoms with van der Waals surface area (Å²) in [5, 5.41) is 0.736. The van der Waals surface area contributed by atoms with Gasteiger partial charge in [-0.1, -0.05) is 18.2 Å². The van der Waals surface area contributed by atoms with E-state index in [-0.39, 0.29) is 5.91 Å². The van der Waals surface area contributed by atoms with Crippen molar-refractivity contribution in [1.29, 1.82) is 0 Å². The molecule has 0 aliphatic carbocycles. The lowest BCUT2D eigenvalue weighted by Gasteiger charge is -2.31. The van der Waals surface area contributed by atoms with Gasteiger partial charge in [0.05, 0.1) is 0 Å². The van der Waals surface area contributed by atoms with Crippen molar-refractivity contribution in [2.45, 2.75) is 18.1 Å². The molecule has 2 rings (SSSR count). The van der Waals surface area contributed by atoms with E-state index in [1.54, 1.807) is 0 Å². The van der Waals surface area contributed by atoms with Crippen molar-refractivity contribution >= 4 is 17.7 Å². The second-order valence-corrected chi connectivity index (χ2v) is 5.23. The molecule has 1 aliphatic rings. The van der Waals surface area contributed by atoms with E-state index in [1.807, 2.05) is 47.0 Å². The summed E-state index contributed by atoms with van der Waals surface area (Å²) < 4.78 is 0. The normalized spacial score (nSPS) is 17.4. The number of carbonyl (C=O) groups is 1. The van der Waals surface area contributed by atoms with Gasteiger partial charge >= 0.3 is 0 Å². The lowest BCUT2D eigenvalue weighted by atomic mass is 10.1. The van der Waals surface area contributed by atoms with Gasteiger partial charge in [0.15, 0.2) is 0 Å². The second kappa shape index (κ2) is 5.39. The zero-order valence-corrected chi connectivity index (χ0v) is 10.4. The van der Waals surface area contributed by atoms with Crippen molar-refractivity contribution in [3.05, 3.63) is 35.9 Å². The van der Waals surface area contributed by atoms with Crippen LogP contribution in [0.1, 0.15) is 23.2 Å². The topological polar surface area (TPSA) is 20.3 Å². The van der Waals surface area contributed by atoms with Crippen LogP contribution in [0.5, 0.6) is 0 Å². The van der Waals surface area contributed by atoms with E-state index in [2.05, 4.69) is 6.26 Å². The second-order valence-electron chi connectivity index (χ2n) is 4.09. The molecule has 1 saturated heterocycles. The Hall–Kier alpha value is -0.960. The first-order valence-electron chi connectivity index (χ1n) is 5.68. The molecule has 0 radical (unpaired) electrons. The Morgan fingerprint density at radius 3 is 2.44 bits per heavy atom. The van der Waals surface area contributed by atoms with Gasteiger partial charge in [0.2, 0.25) is 0 Å². The summed E-state index contributed by atoms with van der Waals surface area (Å²) in [4.78, 5) is 14.1. The molecule has 1 aliphatic heterocycles. The maximum absolute atomic E-state index is 12.1. The minimum Gasteiger partial charge on any atom is -0.339 e. The average Bonchev–Trinajstić information content (AvgIpc) is 2.39. The van der Waals surface area contributed by atoms with Crippen LogP contribution >= 0.6 is 11.8 Å². The number of rotatable bonds is 2. The number of hydrogen-bond donors (Lipinski definition) is 0. The van der Waals surface area contributed by atoms with Crippen LogP contribution in [0, 0.1) is 0 Å². The van der Waals surface area contributed by atoms with Gasteiger partial charge in [0.1, 0.15) is 0 Å². The van der Waals surface area contributed by atoms with Crippen molar-refractivity contribution in [3.63, 3.8) is 0 Å². The quantitative estimate of drug-likeness (QED) is 0.785. The number of nitrogens with zero attached hydrogens (tertiary/aromatic N) is 1. The maximum Gasteiger partial charge on any atom is 0.253 e. The minimum absolute atomic E-state index is 0.181. The molecular formula is C13H17NOS. The van der Waals surface area contributed by atoms with Crippen molar-refractivity contribution in [2.75, 3.05) is 19.3 Å². The minimum atomic E-state index is 0.181. The van der Waals surface area contributed by atoms with Crippen LogP contribution in [-0.4, -0.2) is 35.4 Å². The summed E-state index contributed by atoms with van der Waals surface area (Å²) in [6.45, 7) is 1.80. The Labute approximate surface area is 101 Å². The fraction of sp³-hybridized carbons (Fsp3) is 0.462. The van der Waals surface area contributed by atoms with Crippen LogP contribution in [0.3, 0.4) is 0 Å². The molecule has 1 aromatic carbocycles. The fourth-order valence-corrected chi connectivity index (χ4v) is 2.74. The smallest absolute Gasteiger partial charge is 0.253 e. The van der Waals surface area contributed by atoms with Gasteiger partial charge in [-0.3, -0.25) is 4.79 Å². The van der Waals surface area contributed by atoms with Gasteiger partial charge in [0, 0.05) is 23.9 Å². The van der Waals surface area contributed by atoms with Gasteiger partial charge in [0.25, 0.3) is 5.91 Å². The third-order valence-electron chi connectivity index (χ3n) is 3.08. The molecule has 0 atom stereocenters. The number of hydrogen-bond acceptors (Lipinski definition) is 2. The predicted octanol–water partition coefficient (Wildman–Crippen LogP) is 2.65.